The maximum Gasteiger partial charge on any atom is 0.513 e. The van der Waals surface area contributed by atoms with E-state index >= 15 is 0 Å². The van der Waals surface area contributed by atoms with E-state index in [2.05, 4.69) is 0 Å². The predicted molar refractivity (Wildman–Crippen MR) is 80.9 cm³/mol. The summed E-state index contributed by atoms with van der Waals surface area (Å²) in [7, 11) is 0. The third kappa shape index (κ3) is 4.84. The molecule has 0 aromatic heterocycles. The van der Waals surface area contributed by atoms with E-state index in [1.165, 1.54) is 0 Å². The van der Waals surface area contributed by atoms with Gasteiger partial charge in [0.25, 0.3) is 0 Å². The highest BCUT2D eigenvalue weighted by molar-refractivity contribution is 6.23. The van der Waals surface area contributed by atoms with E-state index in [0.717, 1.165) is 0 Å². The molecule has 0 spiro atoms. The monoisotopic (exact) mass is 356 g/mol. The Morgan fingerprint density at radius 2 is 1.18 bits per heavy atom. The Balaban J connectivity index is 1.87. The Kier molecular flexibility index (Phi) is 6.15. The van der Waals surface area contributed by atoms with Crippen molar-refractivity contribution < 1.29 is 23.7 Å². The third-order valence-corrected chi connectivity index (χ3v) is 4.32. The Morgan fingerprint density at radius 3 is 1.50 bits per heavy atom. The van der Waals surface area contributed by atoms with Gasteiger partial charge in [0.05, 0.1) is 26.4 Å². The van der Waals surface area contributed by atoms with Crippen molar-refractivity contribution in [2.45, 2.75) is 24.2 Å². The van der Waals surface area contributed by atoms with E-state index in [4.69, 9.17) is 42.1 Å². The summed E-state index contributed by atoms with van der Waals surface area (Å²) in [5.41, 5.74) is 0. The van der Waals surface area contributed by atoms with Gasteiger partial charge in [-0.15, -0.1) is 0 Å². The zero-order chi connectivity index (χ0) is 16.2. The molecule has 0 radical (unpaired) electrons. The second kappa shape index (κ2) is 7.51. The number of carbonyl (C=O) groups excluding carboxylic acids is 1. The van der Waals surface area contributed by atoms with Gasteiger partial charge in [-0.2, -0.15) is 0 Å². The lowest BCUT2D eigenvalue weighted by Crippen LogP contribution is -2.53. The van der Waals surface area contributed by atoms with Crippen LogP contribution in [-0.2, 0) is 18.9 Å². The van der Waals surface area contributed by atoms with Crippen LogP contribution < -0.4 is 0 Å². The van der Waals surface area contributed by atoms with Gasteiger partial charge >= 0.3 is 6.16 Å². The number of hydrogen-bond donors (Lipinski definition) is 0. The van der Waals surface area contributed by atoms with Crippen LogP contribution in [0.2, 0.25) is 0 Å². The number of ether oxygens (including phenoxy) is 4. The number of carbonyl (C=O) groups is 1. The van der Waals surface area contributed by atoms with E-state index in [9.17, 15) is 4.79 Å². The highest BCUT2D eigenvalue weighted by Gasteiger charge is 2.40. The fraction of sp³-hybridized carbons (Fsp3) is 0.923. The second-order valence-corrected chi connectivity index (χ2v) is 6.79. The molecule has 2 fully saturated rings. The predicted octanol–water partition coefficient (Wildman–Crippen LogP) is 1.63. The van der Waals surface area contributed by atoms with Crippen LogP contribution in [0.25, 0.3) is 0 Å². The van der Waals surface area contributed by atoms with Crippen LogP contribution in [0.15, 0.2) is 0 Å². The highest BCUT2D eigenvalue weighted by atomic mass is 35.5. The van der Waals surface area contributed by atoms with Crippen molar-refractivity contribution >= 4 is 29.4 Å². The second-order valence-electron chi connectivity index (χ2n) is 5.39. The molecular formula is C13H22Cl2N2O5. The molecule has 22 heavy (non-hydrogen) atoms. The van der Waals surface area contributed by atoms with Crippen LogP contribution in [0.1, 0.15) is 13.8 Å². The summed E-state index contributed by atoms with van der Waals surface area (Å²) in [4.78, 5) is 15.6. The molecule has 2 heterocycles. The van der Waals surface area contributed by atoms with Gasteiger partial charge in [0.15, 0.2) is 0 Å². The molecule has 2 aliphatic heterocycles. The summed E-state index contributed by atoms with van der Waals surface area (Å²) in [6.07, 6.45) is -0.909. The summed E-state index contributed by atoms with van der Waals surface area (Å²) >= 11 is 12.6. The SMILES string of the molecule is CC(Cl)(OC(=O)OC(C)(Cl)N1CCOCC1)N1CCOCC1. The van der Waals surface area contributed by atoms with Crippen molar-refractivity contribution in [2.75, 3.05) is 52.6 Å². The number of halogens is 2. The maximum atomic E-state index is 12.0. The van der Waals surface area contributed by atoms with Crippen LogP contribution in [0.4, 0.5) is 4.79 Å². The van der Waals surface area contributed by atoms with E-state index in [-0.39, 0.29) is 0 Å². The van der Waals surface area contributed by atoms with Crippen LogP contribution >= 0.6 is 23.2 Å². The first-order valence-electron chi connectivity index (χ1n) is 7.27. The van der Waals surface area contributed by atoms with Gasteiger partial charge in [0.2, 0.25) is 10.4 Å². The molecule has 9 heteroatoms. The Morgan fingerprint density at radius 1 is 0.864 bits per heavy atom. The van der Waals surface area contributed by atoms with Crippen molar-refractivity contribution in [1.29, 1.82) is 0 Å². The molecule has 0 N–H and O–H groups in total. The van der Waals surface area contributed by atoms with Crippen molar-refractivity contribution in [2.24, 2.45) is 0 Å². The minimum atomic E-state index is -1.29. The molecular weight excluding hydrogens is 335 g/mol. The van der Waals surface area contributed by atoms with Gasteiger partial charge in [-0.3, -0.25) is 0 Å². The summed E-state index contributed by atoms with van der Waals surface area (Å²) in [5, 5.41) is -2.59. The van der Waals surface area contributed by atoms with Gasteiger partial charge in [-0.25, -0.2) is 14.6 Å². The van der Waals surface area contributed by atoms with Crippen LogP contribution in [0.5, 0.6) is 0 Å². The molecule has 2 unspecified atom stereocenters. The molecule has 0 saturated carbocycles. The van der Waals surface area contributed by atoms with Gasteiger partial charge in [-0.1, -0.05) is 23.2 Å². The first-order valence-corrected chi connectivity index (χ1v) is 8.02. The molecule has 2 aliphatic rings. The van der Waals surface area contributed by atoms with E-state index in [1.807, 2.05) is 0 Å². The first-order chi connectivity index (χ1) is 10.3. The molecule has 0 aromatic carbocycles. The molecule has 7 nitrogen and oxygen atoms in total. The average molecular weight is 357 g/mol. The summed E-state index contributed by atoms with van der Waals surface area (Å²) < 4.78 is 21.0. The van der Waals surface area contributed by atoms with Crippen molar-refractivity contribution in [3.63, 3.8) is 0 Å². The maximum absolute atomic E-state index is 12.0. The Bertz CT molecular complexity index is 349. The zero-order valence-corrected chi connectivity index (χ0v) is 14.4. The van der Waals surface area contributed by atoms with Gasteiger partial charge < -0.3 is 18.9 Å². The quantitative estimate of drug-likeness (QED) is 0.431. The van der Waals surface area contributed by atoms with Crippen molar-refractivity contribution in [3.8, 4) is 0 Å². The minimum Gasteiger partial charge on any atom is -0.398 e. The Hall–Kier alpha value is -0.310. The lowest BCUT2D eigenvalue weighted by molar-refractivity contribution is -0.136. The van der Waals surface area contributed by atoms with E-state index < -0.39 is 16.5 Å². The van der Waals surface area contributed by atoms with Gasteiger partial charge in [0, 0.05) is 40.0 Å². The van der Waals surface area contributed by atoms with Crippen molar-refractivity contribution in [3.05, 3.63) is 0 Å². The molecule has 2 rings (SSSR count). The van der Waals surface area contributed by atoms with Crippen molar-refractivity contribution in [1.82, 2.24) is 9.80 Å². The topological polar surface area (TPSA) is 60.5 Å². The van der Waals surface area contributed by atoms with Gasteiger partial charge in [-0.05, 0) is 0 Å². The summed E-state index contributed by atoms with van der Waals surface area (Å²) in [5.74, 6) is 0. The normalized spacial score (nSPS) is 26.7. The molecule has 2 saturated heterocycles. The highest BCUT2D eigenvalue weighted by Crippen LogP contribution is 2.28. The summed E-state index contributed by atoms with van der Waals surface area (Å²) in [6, 6.07) is 0. The van der Waals surface area contributed by atoms with Crippen LogP contribution in [0, 0.1) is 0 Å². The number of rotatable bonds is 4. The smallest absolute Gasteiger partial charge is 0.398 e. The number of hydrogen-bond acceptors (Lipinski definition) is 7. The molecule has 0 amide bonds. The van der Waals surface area contributed by atoms with Gasteiger partial charge in [0.1, 0.15) is 0 Å². The van der Waals surface area contributed by atoms with Crippen LogP contribution in [0.3, 0.4) is 0 Å². The Labute approximate surface area is 140 Å². The first kappa shape index (κ1) is 18.0. The number of alkyl halides is 2. The number of morpholine rings is 2. The molecule has 0 aliphatic carbocycles. The molecule has 128 valence electrons. The van der Waals surface area contributed by atoms with E-state index in [1.54, 1.807) is 23.6 Å². The minimum absolute atomic E-state index is 0.543. The fourth-order valence-electron chi connectivity index (χ4n) is 2.38. The fourth-order valence-corrected chi connectivity index (χ4v) is 2.84. The number of nitrogens with zero attached hydrogens (tertiary/aromatic N) is 2. The molecule has 0 aromatic rings. The standard InChI is InChI=1S/C13H22Cl2N2O5/c1-12(14,16-3-7-19-8-4-16)21-11(18)22-13(2,15)17-5-9-20-10-6-17/h3-10H2,1-2H3. The zero-order valence-electron chi connectivity index (χ0n) is 12.8. The molecule has 2 atom stereocenters. The lowest BCUT2D eigenvalue weighted by atomic mass is 10.4. The van der Waals surface area contributed by atoms with Crippen LogP contribution in [-0.4, -0.2) is 78.9 Å². The van der Waals surface area contributed by atoms with E-state index in [0.29, 0.717) is 52.6 Å². The molecule has 0 bridgehead atoms. The average Bonchev–Trinajstić information content (AvgIpc) is 2.48. The lowest BCUT2D eigenvalue weighted by Gasteiger charge is -2.40. The largest absolute Gasteiger partial charge is 0.513 e. The summed E-state index contributed by atoms with van der Waals surface area (Å²) in [6.45, 7) is 7.68. The third-order valence-electron chi connectivity index (χ3n) is 3.69.